The lowest BCUT2D eigenvalue weighted by Gasteiger charge is -2.14. The number of pyridine rings is 1. The predicted molar refractivity (Wildman–Crippen MR) is 51.2 cm³/mol. The molecule has 1 aromatic heterocycles. The van der Waals surface area contributed by atoms with Crippen LogP contribution in [0.5, 0.6) is 0 Å². The maximum absolute atomic E-state index is 13.2. The van der Waals surface area contributed by atoms with Gasteiger partial charge in [0.05, 0.1) is 0 Å². The van der Waals surface area contributed by atoms with E-state index in [-0.39, 0.29) is 0 Å². The molecule has 76 valence electrons. The van der Waals surface area contributed by atoms with E-state index in [9.17, 15) is 13.6 Å². The average molecular weight is 264 g/mol. The minimum Gasteiger partial charge on any atom is -0.293 e. The molecule has 1 rings (SSSR count). The van der Waals surface area contributed by atoms with Gasteiger partial charge in [0.15, 0.2) is 0 Å². The number of aromatic nitrogens is 1. The predicted octanol–water partition coefficient (Wildman–Crippen LogP) is 2.83. The molecule has 0 saturated carbocycles. The number of carbonyl (C=O) groups is 1. The van der Waals surface area contributed by atoms with E-state index in [0.29, 0.717) is 10.0 Å². The van der Waals surface area contributed by atoms with Gasteiger partial charge in [-0.05, 0) is 34.5 Å². The van der Waals surface area contributed by atoms with Crippen molar-refractivity contribution >= 4 is 21.7 Å². The van der Waals surface area contributed by atoms with Gasteiger partial charge in [-0.25, -0.2) is 0 Å². The van der Waals surface area contributed by atoms with E-state index < -0.39 is 17.4 Å². The van der Waals surface area contributed by atoms with Crippen LogP contribution in [0.2, 0.25) is 0 Å². The first kappa shape index (κ1) is 11.2. The standard InChI is InChI=1S/C9H8BrF2NO/c1-5-3-7(10)4-13-8(5)9(11,12)6(2)14/h3-4H,1-2H3. The second-order valence-corrected chi connectivity index (χ2v) is 3.87. The molecule has 0 atom stereocenters. The minimum absolute atomic E-state index is 0.291. The summed E-state index contributed by atoms with van der Waals surface area (Å²) in [5.74, 6) is -4.69. The van der Waals surface area contributed by atoms with Gasteiger partial charge in [0.25, 0.3) is 0 Å². The topological polar surface area (TPSA) is 30.0 Å². The number of ketones is 1. The van der Waals surface area contributed by atoms with Gasteiger partial charge >= 0.3 is 5.92 Å². The van der Waals surface area contributed by atoms with Gasteiger partial charge in [0, 0.05) is 17.6 Å². The van der Waals surface area contributed by atoms with Crippen molar-refractivity contribution in [3.05, 3.63) is 28.0 Å². The summed E-state index contributed by atoms with van der Waals surface area (Å²) >= 11 is 3.11. The highest BCUT2D eigenvalue weighted by molar-refractivity contribution is 9.10. The van der Waals surface area contributed by atoms with E-state index in [2.05, 4.69) is 20.9 Å². The fraction of sp³-hybridized carbons (Fsp3) is 0.333. The highest BCUT2D eigenvalue weighted by atomic mass is 79.9. The number of rotatable bonds is 2. The highest BCUT2D eigenvalue weighted by Gasteiger charge is 2.40. The molecule has 0 bridgehead atoms. The van der Waals surface area contributed by atoms with Crippen molar-refractivity contribution < 1.29 is 13.6 Å². The molecule has 1 aromatic rings. The summed E-state index contributed by atoms with van der Waals surface area (Å²) in [6.45, 7) is 2.34. The van der Waals surface area contributed by atoms with Crippen LogP contribution in [-0.4, -0.2) is 10.8 Å². The van der Waals surface area contributed by atoms with E-state index in [4.69, 9.17) is 0 Å². The molecule has 2 nitrogen and oxygen atoms in total. The molecule has 14 heavy (non-hydrogen) atoms. The third-order valence-corrected chi connectivity index (χ3v) is 2.22. The van der Waals surface area contributed by atoms with Crippen molar-refractivity contribution in [2.24, 2.45) is 0 Å². The number of Topliss-reactive ketones (excluding diaryl/α,β-unsaturated/α-hetero) is 1. The normalized spacial score (nSPS) is 11.5. The van der Waals surface area contributed by atoms with E-state index in [1.807, 2.05) is 0 Å². The molecule has 0 aliphatic rings. The quantitative estimate of drug-likeness (QED) is 0.822. The van der Waals surface area contributed by atoms with Crippen molar-refractivity contribution in [2.45, 2.75) is 19.8 Å². The van der Waals surface area contributed by atoms with Crippen molar-refractivity contribution in [2.75, 3.05) is 0 Å². The number of hydrogen-bond acceptors (Lipinski definition) is 2. The number of nitrogens with zero attached hydrogens (tertiary/aromatic N) is 1. The third-order valence-electron chi connectivity index (χ3n) is 1.78. The number of alkyl halides is 2. The fourth-order valence-corrected chi connectivity index (χ4v) is 1.48. The van der Waals surface area contributed by atoms with Crippen LogP contribution in [0.25, 0.3) is 0 Å². The molecule has 0 amide bonds. The maximum Gasteiger partial charge on any atom is 0.346 e. The Hall–Kier alpha value is -0.840. The lowest BCUT2D eigenvalue weighted by Crippen LogP contribution is -2.25. The molecule has 0 fully saturated rings. The Morgan fingerprint density at radius 2 is 2.14 bits per heavy atom. The minimum atomic E-state index is -3.50. The van der Waals surface area contributed by atoms with Gasteiger partial charge in [0.2, 0.25) is 5.78 Å². The van der Waals surface area contributed by atoms with Crippen LogP contribution in [0, 0.1) is 6.92 Å². The first-order valence-electron chi connectivity index (χ1n) is 3.87. The SMILES string of the molecule is CC(=O)C(F)(F)c1ncc(Br)cc1C. The Bertz CT molecular complexity index is 379. The summed E-state index contributed by atoms with van der Waals surface area (Å²) in [7, 11) is 0. The second-order valence-electron chi connectivity index (χ2n) is 2.95. The number of hydrogen-bond donors (Lipinski definition) is 0. The van der Waals surface area contributed by atoms with Crippen molar-refractivity contribution in [1.82, 2.24) is 4.98 Å². The van der Waals surface area contributed by atoms with Gasteiger partial charge in [0.1, 0.15) is 5.69 Å². The van der Waals surface area contributed by atoms with Gasteiger partial charge in [-0.15, -0.1) is 0 Å². The zero-order valence-electron chi connectivity index (χ0n) is 7.64. The second kappa shape index (κ2) is 3.73. The average Bonchev–Trinajstić information content (AvgIpc) is 2.02. The first-order valence-corrected chi connectivity index (χ1v) is 4.66. The highest BCUT2D eigenvalue weighted by Crippen LogP contribution is 2.30. The van der Waals surface area contributed by atoms with E-state index in [1.54, 1.807) is 0 Å². The summed E-state index contributed by atoms with van der Waals surface area (Å²) in [5, 5.41) is 0. The van der Waals surface area contributed by atoms with Crippen LogP contribution in [0.15, 0.2) is 16.7 Å². The van der Waals surface area contributed by atoms with E-state index in [1.165, 1.54) is 19.2 Å². The molecular formula is C9H8BrF2NO. The number of carbonyl (C=O) groups excluding carboxylic acids is 1. The summed E-state index contributed by atoms with van der Waals surface area (Å²) in [4.78, 5) is 14.3. The van der Waals surface area contributed by atoms with Crippen LogP contribution < -0.4 is 0 Å². The molecular weight excluding hydrogens is 256 g/mol. The van der Waals surface area contributed by atoms with Gasteiger partial charge in [-0.3, -0.25) is 9.78 Å². The first-order chi connectivity index (χ1) is 6.35. The van der Waals surface area contributed by atoms with Crippen LogP contribution in [0.1, 0.15) is 18.2 Å². The molecule has 0 spiro atoms. The molecule has 0 radical (unpaired) electrons. The van der Waals surface area contributed by atoms with Crippen LogP contribution >= 0.6 is 15.9 Å². The fourth-order valence-electron chi connectivity index (χ4n) is 1.04. The summed E-state index contributed by atoms with van der Waals surface area (Å²) in [5.41, 5.74) is -0.187. The molecule has 0 aliphatic carbocycles. The zero-order chi connectivity index (χ0) is 10.9. The Morgan fingerprint density at radius 3 is 2.57 bits per heavy atom. The molecule has 0 unspecified atom stereocenters. The molecule has 0 aromatic carbocycles. The van der Waals surface area contributed by atoms with Crippen molar-refractivity contribution in [3.8, 4) is 0 Å². The summed E-state index contributed by atoms with van der Waals surface area (Å²) < 4.78 is 27.1. The molecule has 0 aliphatic heterocycles. The monoisotopic (exact) mass is 263 g/mol. The molecule has 0 saturated heterocycles. The third kappa shape index (κ3) is 1.97. The lowest BCUT2D eigenvalue weighted by atomic mass is 10.1. The lowest BCUT2D eigenvalue weighted by molar-refractivity contribution is -0.142. The Labute approximate surface area is 88.5 Å². The summed E-state index contributed by atoms with van der Waals surface area (Å²) in [6, 6.07) is 1.50. The molecule has 0 N–H and O–H groups in total. The Kier molecular flexibility index (Phi) is 2.99. The van der Waals surface area contributed by atoms with Crippen LogP contribution in [0.4, 0.5) is 8.78 Å². The largest absolute Gasteiger partial charge is 0.346 e. The van der Waals surface area contributed by atoms with Gasteiger partial charge < -0.3 is 0 Å². The number of halogens is 3. The van der Waals surface area contributed by atoms with Crippen molar-refractivity contribution in [1.29, 1.82) is 0 Å². The van der Waals surface area contributed by atoms with Crippen LogP contribution in [0.3, 0.4) is 0 Å². The molecule has 5 heteroatoms. The maximum atomic E-state index is 13.2. The molecule has 1 heterocycles. The number of aryl methyl sites for hydroxylation is 1. The van der Waals surface area contributed by atoms with E-state index in [0.717, 1.165) is 6.92 Å². The smallest absolute Gasteiger partial charge is 0.293 e. The van der Waals surface area contributed by atoms with Crippen LogP contribution in [-0.2, 0) is 10.7 Å². The Morgan fingerprint density at radius 1 is 1.57 bits per heavy atom. The van der Waals surface area contributed by atoms with Crippen molar-refractivity contribution in [3.63, 3.8) is 0 Å². The zero-order valence-corrected chi connectivity index (χ0v) is 9.23. The summed E-state index contributed by atoms with van der Waals surface area (Å²) in [6.07, 6.45) is 1.25. The van der Waals surface area contributed by atoms with Gasteiger partial charge in [-0.1, -0.05) is 0 Å². The van der Waals surface area contributed by atoms with Gasteiger partial charge in [-0.2, -0.15) is 8.78 Å². The van der Waals surface area contributed by atoms with E-state index >= 15 is 0 Å². The Balaban J connectivity index is 3.26.